The number of carbonyl (C=O) groups excluding carboxylic acids is 1. The van der Waals surface area contributed by atoms with E-state index in [1.165, 1.54) is 0 Å². The van der Waals surface area contributed by atoms with E-state index >= 15 is 0 Å². The Labute approximate surface area is 180 Å². The van der Waals surface area contributed by atoms with Gasteiger partial charge in [0.05, 0.1) is 18.5 Å². The molecule has 6 heteroatoms. The predicted molar refractivity (Wildman–Crippen MR) is 118 cm³/mol. The van der Waals surface area contributed by atoms with E-state index in [9.17, 15) is 4.79 Å². The Hall–Kier alpha value is -3.18. The minimum absolute atomic E-state index is 0.287. The zero-order valence-electron chi connectivity index (χ0n) is 16.9. The van der Waals surface area contributed by atoms with Crippen molar-refractivity contribution in [3.05, 3.63) is 89.3 Å². The molecule has 0 bridgehead atoms. The van der Waals surface area contributed by atoms with Gasteiger partial charge in [-0.05, 0) is 49.6 Å². The first-order chi connectivity index (χ1) is 14.5. The Bertz CT molecular complexity index is 1170. The Morgan fingerprint density at radius 3 is 2.53 bits per heavy atom. The molecule has 2 aromatic heterocycles. The summed E-state index contributed by atoms with van der Waals surface area (Å²) in [6, 6.07) is 19.3. The van der Waals surface area contributed by atoms with Crippen LogP contribution >= 0.6 is 11.6 Å². The van der Waals surface area contributed by atoms with E-state index in [1.807, 2.05) is 74.5 Å². The topological polar surface area (TPSA) is 56.5 Å². The van der Waals surface area contributed by atoms with Crippen LogP contribution in [0.25, 0.3) is 16.8 Å². The molecule has 0 amide bonds. The van der Waals surface area contributed by atoms with Crippen molar-refractivity contribution in [3.8, 4) is 11.1 Å². The third-order valence-electron chi connectivity index (χ3n) is 5.25. The van der Waals surface area contributed by atoms with E-state index in [2.05, 4.69) is 10.1 Å². The molecular weight excluding hydrogens is 398 g/mol. The number of aromatic nitrogens is 3. The van der Waals surface area contributed by atoms with Gasteiger partial charge in [0, 0.05) is 16.8 Å². The van der Waals surface area contributed by atoms with Gasteiger partial charge < -0.3 is 4.74 Å². The van der Waals surface area contributed by atoms with Crippen LogP contribution in [0.5, 0.6) is 0 Å². The number of benzene rings is 2. The summed E-state index contributed by atoms with van der Waals surface area (Å²) >= 11 is 6.03. The Balaban J connectivity index is 1.85. The van der Waals surface area contributed by atoms with Crippen LogP contribution < -0.4 is 0 Å². The molecule has 0 aliphatic heterocycles. The molecule has 0 fully saturated rings. The van der Waals surface area contributed by atoms with Crippen molar-refractivity contribution in [1.82, 2.24) is 14.6 Å². The number of esters is 1. The summed E-state index contributed by atoms with van der Waals surface area (Å²) in [6.45, 7) is 4.03. The normalized spacial score (nSPS) is 13.2. The molecule has 4 rings (SSSR count). The molecule has 0 saturated heterocycles. The second-order valence-corrected chi connectivity index (χ2v) is 7.78. The second kappa shape index (κ2) is 8.28. The second-order valence-electron chi connectivity index (χ2n) is 7.35. The smallest absolute Gasteiger partial charge is 0.318 e. The number of halogens is 1. The van der Waals surface area contributed by atoms with E-state index in [1.54, 1.807) is 16.9 Å². The van der Waals surface area contributed by atoms with Crippen LogP contribution in [0.1, 0.15) is 25.1 Å². The van der Waals surface area contributed by atoms with Gasteiger partial charge in [0.1, 0.15) is 5.41 Å². The fourth-order valence-electron chi connectivity index (χ4n) is 3.70. The Morgan fingerprint density at radius 1 is 1.10 bits per heavy atom. The summed E-state index contributed by atoms with van der Waals surface area (Å²) in [5.74, 6) is -0.287. The predicted octanol–water partition coefficient (Wildman–Crippen LogP) is 5.11. The maximum atomic E-state index is 13.1. The maximum absolute atomic E-state index is 13.1. The van der Waals surface area contributed by atoms with Gasteiger partial charge in [-0.15, -0.1) is 0 Å². The van der Waals surface area contributed by atoms with Crippen molar-refractivity contribution >= 4 is 23.2 Å². The van der Waals surface area contributed by atoms with Gasteiger partial charge in [-0.25, -0.2) is 9.50 Å². The molecule has 0 spiro atoms. The van der Waals surface area contributed by atoms with E-state index < -0.39 is 5.41 Å². The molecular formula is C24H22ClN3O2. The molecule has 2 heterocycles. The first-order valence-corrected chi connectivity index (χ1v) is 10.2. The third-order valence-corrected chi connectivity index (χ3v) is 5.50. The summed E-state index contributed by atoms with van der Waals surface area (Å²) in [5.41, 5.74) is 3.36. The lowest BCUT2D eigenvalue weighted by molar-refractivity contribution is -0.149. The van der Waals surface area contributed by atoms with Crippen LogP contribution in [0.4, 0.5) is 0 Å². The lowest BCUT2D eigenvalue weighted by atomic mass is 9.80. The minimum atomic E-state index is -0.929. The van der Waals surface area contributed by atoms with E-state index in [0.29, 0.717) is 23.7 Å². The van der Waals surface area contributed by atoms with Crippen LogP contribution in [0.3, 0.4) is 0 Å². The molecule has 0 saturated carbocycles. The minimum Gasteiger partial charge on any atom is -0.465 e. The summed E-state index contributed by atoms with van der Waals surface area (Å²) in [4.78, 5) is 17.7. The van der Waals surface area contributed by atoms with Crippen LogP contribution in [-0.2, 0) is 21.4 Å². The molecule has 0 unspecified atom stereocenters. The fourth-order valence-corrected chi connectivity index (χ4v) is 3.83. The van der Waals surface area contributed by atoms with Gasteiger partial charge in [-0.3, -0.25) is 4.79 Å². The number of rotatable bonds is 6. The SMILES string of the molecule is CCOC(=O)[C@](C)(Cc1ccccc1)c1ccnc2c(-c3ccc(Cl)cc3)cnn12. The van der Waals surface area contributed by atoms with Crippen molar-refractivity contribution < 1.29 is 9.53 Å². The highest BCUT2D eigenvalue weighted by Crippen LogP contribution is 2.32. The zero-order valence-corrected chi connectivity index (χ0v) is 17.6. The highest BCUT2D eigenvalue weighted by molar-refractivity contribution is 6.30. The summed E-state index contributed by atoms with van der Waals surface area (Å²) in [5, 5.41) is 5.25. The summed E-state index contributed by atoms with van der Waals surface area (Å²) in [7, 11) is 0. The van der Waals surface area contributed by atoms with Gasteiger partial charge in [0.2, 0.25) is 0 Å². The summed E-state index contributed by atoms with van der Waals surface area (Å²) < 4.78 is 7.21. The Kier molecular flexibility index (Phi) is 5.55. The van der Waals surface area contributed by atoms with Crippen molar-refractivity contribution in [2.75, 3.05) is 6.61 Å². The van der Waals surface area contributed by atoms with Crippen LogP contribution in [0.15, 0.2) is 73.1 Å². The third kappa shape index (κ3) is 3.68. The molecule has 2 aromatic carbocycles. The van der Waals surface area contributed by atoms with Crippen LogP contribution in [0.2, 0.25) is 5.02 Å². The standard InChI is InChI=1S/C24H22ClN3O2/c1-3-30-23(29)24(2,15-17-7-5-4-6-8-17)21-13-14-26-22-20(16-27-28(21)22)18-9-11-19(25)12-10-18/h4-14,16H,3,15H2,1-2H3/t24-/m1/s1. The van der Waals surface area contributed by atoms with Gasteiger partial charge >= 0.3 is 5.97 Å². The van der Waals surface area contributed by atoms with E-state index in [-0.39, 0.29) is 5.97 Å². The molecule has 30 heavy (non-hydrogen) atoms. The lowest BCUT2D eigenvalue weighted by Crippen LogP contribution is -2.38. The average molecular weight is 420 g/mol. The maximum Gasteiger partial charge on any atom is 0.318 e. The number of fused-ring (bicyclic) bond motifs is 1. The Morgan fingerprint density at radius 2 is 1.83 bits per heavy atom. The highest BCUT2D eigenvalue weighted by atomic mass is 35.5. The molecule has 0 N–H and O–H groups in total. The van der Waals surface area contributed by atoms with Crippen LogP contribution in [0, 0.1) is 0 Å². The van der Waals surface area contributed by atoms with Crippen molar-refractivity contribution in [2.24, 2.45) is 0 Å². The zero-order chi connectivity index (χ0) is 21.1. The number of nitrogens with zero attached hydrogens (tertiary/aromatic N) is 3. The summed E-state index contributed by atoms with van der Waals surface area (Å²) in [6.07, 6.45) is 3.97. The van der Waals surface area contributed by atoms with E-state index in [4.69, 9.17) is 16.3 Å². The molecule has 0 aliphatic rings. The average Bonchev–Trinajstić information content (AvgIpc) is 3.19. The molecule has 0 aliphatic carbocycles. The largest absolute Gasteiger partial charge is 0.465 e. The molecule has 5 nitrogen and oxygen atoms in total. The monoisotopic (exact) mass is 419 g/mol. The number of hydrogen-bond acceptors (Lipinski definition) is 4. The lowest BCUT2D eigenvalue weighted by Gasteiger charge is -2.28. The molecule has 0 radical (unpaired) electrons. The van der Waals surface area contributed by atoms with Gasteiger partial charge in [-0.1, -0.05) is 54.1 Å². The quantitative estimate of drug-likeness (QED) is 0.407. The van der Waals surface area contributed by atoms with Gasteiger partial charge in [0.15, 0.2) is 5.65 Å². The molecule has 4 aromatic rings. The highest BCUT2D eigenvalue weighted by Gasteiger charge is 2.39. The van der Waals surface area contributed by atoms with Crippen molar-refractivity contribution in [2.45, 2.75) is 25.7 Å². The van der Waals surface area contributed by atoms with Crippen molar-refractivity contribution in [1.29, 1.82) is 0 Å². The van der Waals surface area contributed by atoms with Gasteiger partial charge in [0.25, 0.3) is 0 Å². The molecule has 152 valence electrons. The number of carbonyl (C=O) groups is 1. The van der Waals surface area contributed by atoms with Gasteiger partial charge in [-0.2, -0.15) is 5.10 Å². The molecule has 1 atom stereocenters. The van der Waals surface area contributed by atoms with E-state index in [0.717, 1.165) is 22.4 Å². The fraction of sp³-hybridized carbons (Fsp3) is 0.208. The van der Waals surface area contributed by atoms with Crippen LogP contribution in [-0.4, -0.2) is 27.2 Å². The number of hydrogen-bond donors (Lipinski definition) is 0. The first-order valence-electron chi connectivity index (χ1n) is 9.83. The van der Waals surface area contributed by atoms with Crippen molar-refractivity contribution in [3.63, 3.8) is 0 Å². The number of ether oxygens (including phenoxy) is 1. The first kappa shape index (κ1) is 20.1.